The van der Waals surface area contributed by atoms with Gasteiger partial charge in [0.1, 0.15) is 21.5 Å². The Labute approximate surface area is 375 Å². The van der Waals surface area contributed by atoms with Gasteiger partial charge in [-0.3, -0.25) is 29.3 Å². The van der Waals surface area contributed by atoms with Crippen LogP contribution in [0.3, 0.4) is 0 Å². The monoisotopic (exact) mass is 966 g/mol. The number of carboxylic acids is 3. The number of nitrogens with one attached hydrogen (secondary N) is 3. The first kappa shape index (κ1) is 47.5. The van der Waals surface area contributed by atoms with Crippen molar-refractivity contribution in [1.82, 2.24) is 49.5 Å². The smallest absolute Gasteiger partial charge is 0.350 e. The van der Waals surface area contributed by atoms with Gasteiger partial charge in [0.25, 0.3) is 11.8 Å². The molecule has 3 fully saturated rings. The van der Waals surface area contributed by atoms with E-state index < -0.39 is 90.4 Å². The number of nitrogen functional groups attached to an aromatic ring is 2. The number of nitrogens with zero attached hydrogens (tertiary/aromatic N) is 10. The Hall–Kier alpha value is -6.93. The fourth-order valence-corrected chi connectivity index (χ4v) is 11.2. The van der Waals surface area contributed by atoms with Crippen molar-refractivity contribution in [2.75, 3.05) is 35.6 Å². The number of aromatic nitrogens is 7. The fraction of sp³-hybridized carbons (Fsp3) is 0.485. The van der Waals surface area contributed by atoms with Crippen LogP contribution in [-0.4, -0.2) is 157 Å². The molecule has 350 valence electrons. The number of carbonyl (C=O) groups is 7. The van der Waals surface area contributed by atoms with E-state index in [-0.39, 0.29) is 66.5 Å². The molecular weight excluding hydrogens is 925 g/mol. The predicted octanol–water partition coefficient (Wildman–Crippen LogP) is -5.43. The van der Waals surface area contributed by atoms with Crippen molar-refractivity contribution in [3.8, 4) is 0 Å². The van der Waals surface area contributed by atoms with Crippen LogP contribution in [0, 0.1) is 0 Å². The van der Waals surface area contributed by atoms with Crippen LogP contribution >= 0.6 is 23.3 Å². The Morgan fingerprint density at radius 2 is 1.89 bits per heavy atom. The zero-order valence-corrected chi connectivity index (χ0v) is 37.0. The lowest BCUT2D eigenvalue weighted by Crippen LogP contribution is -2.71. The van der Waals surface area contributed by atoms with Crippen molar-refractivity contribution in [3.05, 3.63) is 35.7 Å². The van der Waals surface area contributed by atoms with E-state index in [0.29, 0.717) is 5.57 Å². The molecule has 0 aliphatic carbocycles. The van der Waals surface area contributed by atoms with Crippen molar-refractivity contribution in [1.29, 1.82) is 0 Å². The first-order chi connectivity index (χ1) is 30.4. The molecule has 4 aliphatic heterocycles. The quantitative estimate of drug-likeness (QED) is 0.0305. The van der Waals surface area contributed by atoms with Gasteiger partial charge in [0.05, 0.1) is 37.9 Å². The number of urea groups is 1. The summed E-state index contributed by atoms with van der Waals surface area (Å²) in [6.07, 6.45) is 4.18. The zero-order chi connectivity index (χ0) is 47.9. The van der Waals surface area contributed by atoms with Crippen LogP contribution in [-0.2, 0) is 63.6 Å². The first-order valence-electron chi connectivity index (χ1n) is 18.9. The van der Waals surface area contributed by atoms with Gasteiger partial charge in [0.15, 0.2) is 39.1 Å². The summed E-state index contributed by atoms with van der Waals surface area (Å²) in [5.74, 6) is -6.44. The van der Waals surface area contributed by atoms with E-state index in [4.69, 9.17) is 22.0 Å². The van der Waals surface area contributed by atoms with Gasteiger partial charge in [-0.05, 0) is 20.8 Å². The summed E-state index contributed by atoms with van der Waals surface area (Å²) in [5, 5.41) is 47.6. The molecule has 3 aromatic heterocycles. The van der Waals surface area contributed by atoms with E-state index in [0.717, 1.165) is 21.3 Å². The van der Waals surface area contributed by atoms with E-state index >= 15 is 0 Å². The van der Waals surface area contributed by atoms with E-state index in [1.54, 1.807) is 11.7 Å². The molecule has 11 N–H and O–H groups in total. The highest BCUT2D eigenvalue weighted by atomic mass is 32.2. The number of aliphatic carboxylic acids is 3. The van der Waals surface area contributed by atoms with Crippen LogP contribution in [0.4, 0.5) is 21.4 Å². The lowest BCUT2D eigenvalue weighted by molar-refractivity contribution is -0.765. The third-order valence-electron chi connectivity index (χ3n) is 10.6. The topological polar surface area (TPSA) is 425 Å². The molecule has 0 saturated carbocycles. The molecule has 29 nitrogen and oxygen atoms in total. The van der Waals surface area contributed by atoms with Gasteiger partial charge in [-0.2, -0.15) is 9.36 Å². The van der Waals surface area contributed by atoms with E-state index in [2.05, 4.69) is 40.8 Å². The lowest BCUT2D eigenvalue weighted by atomic mass is 9.96. The number of carbonyl (C=O) groups excluding carboxylic acids is 5. The Morgan fingerprint density at radius 3 is 2.46 bits per heavy atom. The largest absolute Gasteiger partial charge is 0.543 e. The predicted molar refractivity (Wildman–Crippen MR) is 221 cm³/mol. The fourth-order valence-electron chi connectivity index (χ4n) is 7.05. The summed E-state index contributed by atoms with van der Waals surface area (Å²) in [7, 11) is -2.20. The van der Waals surface area contributed by atoms with Gasteiger partial charge >= 0.3 is 18.0 Å². The highest BCUT2D eigenvalue weighted by molar-refractivity contribution is 8.00. The molecule has 0 unspecified atom stereocenters. The Bertz CT molecular complexity index is 2630. The van der Waals surface area contributed by atoms with Gasteiger partial charge in [0.2, 0.25) is 29.2 Å². The Balaban J connectivity index is 0.000000289. The average Bonchev–Trinajstić information content (AvgIpc) is 4.00. The average molecular weight is 967 g/mol. The second-order valence-corrected chi connectivity index (χ2v) is 19.7. The summed E-state index contributed by atoms with van der Waals surface area (Å²) >= 11 is 1.93. The molecule has 0 radical (unpaired) electrons. The number of hydrogen-bond acceptors (Lipinski definition) is 21. The summed E-state index contributed by atoms with van der Waals surface area (Å²) in [5.41, 5.74) is 15.0. The summed E-state index contributed by atoms with van der Waals surface area (Å²) < 4.78 is 31.7. The van der Waals surface area contributed by atoms with Crippen molar-refractivity contribution in [2.24, 2.45) is 17.9 Å². The number of fused-ring (bicyclic) bond motifs is 2. The van der Waals surface area contributed by atoms with Crippen LogP contribution in [0.5, 0.6) is 0 Å². The highest BCUT2D eigenvalue weighted by Crippen LogP contribution is 2.47. The molecule has 4 aliphatic rings. The van der Waals surface area contributed by atoms with Crippen LogP contribution in [0.1, 0.15) is 33.0 Å². The number of oxime groups is 1. The number of amides is 5. The maximum absolute atomic E-state index is 13.2. The molecule has 0 bridgehead atoms. The number of thioether (sulfide) groups is 1. The number of nitrogens with two attached hydrogens (primary N) is 3. The maximum Gasteiger partial charge on any atom is 0.350 e. The van der Waals surface area contributed by atoms with Gasteiger partial charge in [-0.15, -0.1) is 26.2 Å². The molecule has 0 spiro atoms. The second kappa shape index (κ2) is 17.9. The van der Waals surface area contributed by atoms with Crippen LogP contribution in [0.25, 0.3) is 0 Å². The van der Waals surface area contributed by atoms with Crippen molar-refractivity contribution in [2.45, 2.75) is 73.5 Å². The van der Waals surface area contributed by atoms with E-state index in [9.17, 15) is 57.3 Å². The highest BCUT2D eigenvalue weighted by Gasteiger charge is 2.70. The maximum atomic E-state index is 13.2. The normalized spacial score (nSPS) is 23.2. The Morgan fingerprint density at radius 1 is 1.18 bits per heavy atom. The number of rotatable bonds is 15. The molecule has 5 amide bonds. The van der Waals surface area contributed by atoms with Gasteiger partial charge in [0, 0.05) is 42.1 Å². The summed E-state index contributed by atoms with van der Waals surface area (Å²) in [4.78, 5) is 96.1. The standard InChI is InChI=1S/C23H30N12O8S2.C10H12N4O5S/c1-23(2,20(40)41)43-31-11(15-30-21(26)45-32-15)16(36)29-12-17(37)35-13(19(38)39)9(8-44-18(12)35)6-34-7-10(14(25)33(34)3)28-22(42)27-5-4-24;1-10(5-13-3-2-11-12-13)8(9(16)17)14-6(15)4-7(14)20(10,18)19/h7,12,18,25H,4-6,8,24H2,1-3H3,(H7,26,27,28,29,30,32,36,38,39,40,41,42);2-3,7-8H,4-5H2,1H3,(H,16,17)/b31-11-;/t12-,18-;7-,8+,10+/m11/s1. The Kier molecular flexibility index (Phi) is 13.1. The molecule has 5 atom stereocenters. The molecule has 7 heterocycles. The second-order valence-electron chi connectivity index (χ2n) is 15.3. The van der Waals surface area contributed by atoms with E-state index in [1.165, 1.54) is 60.5 Å². The minimum Gasteiger partial charge on any atom is -0.543 e. The molecule has 0 aromatic carbocycles. The summed E-state index contributed by atoms with van der Waals surface area (Å²) in [6.45, 7) is 4.04. The number of anilines is 3. The molecule has 3 saturated heterocycles. The minimum absolute atomic E-state index is 0.0106. The lowest BCUT2D eigenvalue weighted by Gasteiger charge is -2.50. The van der Waals surface area contributed by atoms with Crippen LogP contribution in [0.2, 0.25) is 0 Å². The third-order valence-corrected chi connectivity index (χ3v) is 15.2. The molecule has 7 rings (SSSR count). The molecular formula is C33H42N16O13S3. The van der Waals surface area contributed by atoms with E-state index in [1.807, 2.05) is 0 Å². The molecule has 3 aromatic rings. The van der Waals surface area contributed by atoms with Gasteiger partial charge in [-0.25, -0.2) is 22.8 Å². The van der Waals surface area contributed by atoms with Gasteiger partial charge < -0.3 is 57.7 Å². The molecule has 65 heavy (non-hydrogen) atoms. The minimum atomic E-state index is -3.80. The number of sulfone groups is 1. The molecule has 32 heteroatoms. The summed E-state index contributed by atoms with van der Waals surface area (Å²) in [6, 6.07) is -3.12. The van der Waals surface area contributed by atoms with Crippen molar-refractivity contribution in [3.63, 3.8) is 0 Å². The number of β-lactam (4-membered cyclic amide) rings is 2. The van der Waals surface area contributed by atoms with Crippen LogP contribution in [0.15, 0.2) is 35.0 Å². The van der Waals surface area contributed by atoms with Crippen molar-refractivity contribution >= 4 is 97.1 Å². The zero-order valence-electron chi connectivity index (χ0n) is 34.6. The third kappa shape index (κ3) is 8.82. The van der Waals surface area contributed by atoms with Gasteiger partial charge in [-0.1, -0.05) is 10.4 Å². The SMILES string of the molecule is C[C@]1(Cn2ccnn2)[C@H](C(=O)O)N2C(=O)C[C@H]2S1(=O)=O.Cn1c(N)c(NC(=O)NCCN)c[n+]1CC1=C(C(=O)[O-])N2C(=O)[C@@H](NC(=O)/C(=N\OC(C)(C)C(=O)O)c3nsc(N)n3)[C@H]2SC1. The number of hydrogen-bond donors (Lipinski definition) is 8. The van der Waals surface area contributed by atoms with Crippen LogP contribution < -0.4 is 42.9 Å². The number of carboxylic acid groups (broad SMARTS) is 3. The van der Waals surface area contributed by atoms with Crippen molar-refractivity contribution < 1.29 is 66.8 Å². The first-order valence-corrected chi connectivity index (χ1v) is 22.3.